The van der Waals surface area contributed by atoms with E-state index in [-0.39, 0.29) is 11.9 Å². The Balaban J connectivity index is 2.60. The first-order valence-corrected chi connectivity index (χ1v) is 6.78. The van der Waals surface area contributed by atoms with Crippen LogP contribution in [0.2, 0.25) is 0 Å². The van der Waals surface area contributed by atoms with Gasteiger partial charge in [-0.1, -0.05) is 26.7 Å². The van der Waals surface area contributed by atoms with Crippen molar-refractivity contribution >= 4 is 5.91 Å². The molecule has 0 fully saturated rings. The topological polar surface area (TPSA) is 55.1 Å². The van der Waals surface area contributed by atoms with E-state index in [4.69, 9.17) is 5.73 Å². The van der Waals surface area contributed by atoms with E-state index in [1.165, 1.54) is 12.1 Å². The van der Waals surface area contributed by atoms with Gasteiger partial charge in [-0.3, -0.25) is 4.79 Å². The molecule has 106 valence electrons. The minimum atomic E-state index is -0.394. The summed E-state index contributed by atoms with van der Waals surface area (Å²) < 4.78 is 13.2. The van der Waals surface area contributed by atoms with E-state index in [9.17, 15) is 9.18 Å². The molecule has 0 aliphatic heterocycles. The fourth-order valence-electron chi connectivity index (χ4n) is 2.24. The van der Waals surface area contributed by atoms with Crippen LogP contribution in [0.1, 0.15) is 42.6 Å². The predicted octanol–water partition coefficient (Wildman–Crippen LogP) is 2.63. The number of amides is 1. The number of nitrogens with two attached hydrogens (primary N) is 1. The zero-order valence-corrected chi connectivity index (χ0v) is 11.9. The quantitative estimate of drug-likeness (QED) is 0.831. The molecule has 4 heteroatoms. The summed E-state index contributed by atoms with van der Waals surface area (Å²) in [5.41, 5.74) is 7.11. The van der Waals surface area contributed by atoms with Crippen LogP contribution in [0.3, 0.4) is 0 Å². The van der Waals surface area contributed by atoms with Gasteiger partial charge in [0.1, 0.15) is 5.82 Å². The summed E-state index contributed by atoms with van der Waals surface area (Å²) in [6.45, 7) is 6.36. The molecule has 0 saturated heterocycles. The number of benzene rings is 1. The van der Waals surface area contributed by atoms with Crippen molar-refractivity contribution < 1.29 is 9.18 Å². The average Bonchev–Trinajstić information content (AvgIpc) is 2.36. The van der Waals surface area contributed by atoms with Crippen molar-refractivity contribution in [3.63, 3.8) is 0 Å². The van der Waals surface area contributed by atoms with Gasteiger partial charge in [0.15, 0.2) is 0 Å². The zero-order valence-electron chi connectivity index (χ0n) is 11.9. The minimum Gasteiger partial charge on any atom is -0.350 e. The molecule has 0 heterocycles. The van der Waals surface area contributed by atoms with Crippen LogP contribution in [0.5, 0.6) is 0 Å². The van der Waals surface area contributed by atoms with Gasteiger partial charge in [-0.2, -0.15) is 0 Å². The number of hydrogen-bond donors (Lipinski definition) is 2. The normalized spacial score (nSPS) is 12.5. The molecule has 0 saturated carbocycles. The zero-order chi connectivity index (χ0) is 14.4. The molecule has 1 aromatic carbocycles. The van der Waals surface area contributed by atoms with E-state index < -0.39 is 5.82 Å². The molecule has 1 rings (SSSR count). The lowest BCUT2D eigenvalue weighted by Gasteiger charge is -2.21. The van der Waals surface area contributed by atoms with Crippen LogP contribution in [-0.4, -0.2) is 18.5 Å². The first-order valence-electron chi connectivity index (χ1n) is 6.78. The Kier molecular flexibility index (Phi) is 5.96. The molecule has 3 nitrogen and oxygen atoms in total. The van der Waals surface area contributed by atoms with Crippen molar-refractivity contribution in [3.05, 3.63) is 35.1 Å². The molecular weight excluding hydrogens is 243 g/mol. The molecular formula is C15H23FN2O. The summed E-state index contributed by atoms with van der Waals surface area (Å²) >= 11 is 0. The largest absolute Gasteiger partial charge is 0.350 e. The Morgan fingerprint density at radius 1 is 1.32 bits per heavy atom. The van der Waals surface area contributed by atoms with Gasteiger partial charge in [0.05, 0.1) is 0 Å². The monoisotopic (exact) mass is 266 g/mol. The molecule has 1 atom stereocenters. The summed E-state index contributed by atoms with van der Waals surface area (Å²) in [4.78, 5) is 11.9. The van der Waals surface area contributed by atoms with Crippen LogP contribution >= 0.6 is 0 Å². The molecule has 0 radical (unpaired) electrons. The molecule has 1 amide bonds. The first kappa shape index (κ1) is 15.6. The number of rotatable bonds is 6. The summed E-state index contributed by atoms with van der Waals surface area (Å²) in [6.07, 6.45) is 1.99. The van der Waals surface area contributed by atoms with Gasteiger partial charge in [0.25, 0.3) is 5.91 Å². The highest BCUT2D eigenvalue weighted by molar-refractivity contribution is 5.94. The minimum absolute atomic E-state index is 0.0615. The van der Waals surface area contributed by atoms with E-state index in [1.54, 1.807) is 13.0 Å². The molecule has 1 unspecified atom stereocenters. The van der Waals surface area contributed by atoms with Gasteiger partial charge in [-0.25, -0.2) is 4.39 Å². The van der Waals surface area contributed by atoms with Crippen molar-refractivity contribution in [2.24, 2.45) is 11.7 Å². The maximum absolute atomic E-state index is 13.2. The van der Waals surface area contributed by atoms with Crippen molar-refractivity contribution in [2.75, 3.05) is 6.54 Å². The third kappa shape index (κ3) is 4.63. The standard InChI is InChI=1S/C15H23FN2O/c1-4-11(5-2)14(17)9-18-15(19)12-6-10(3)7-13(16)8-12/h6-8,11,14H,4-5,9,17H2,1-3H3,(H,18,19). The molecule has 0 spiro atoms. The van der Waals surface area contributed by atoms with Crippen LogP contribution in [0.25, 0.3) is 0 Å². The Hall–Kier alpha value is -1.42. The Morgan fingerprint density at radius 3 is 2.47 bits per heavy atom. The highest BCUT2D eigenvalue weighted by Crippen LogP contribution is 2.11. The number of aryl methyl sites for hydroxylation is 1. The van der Waals surface area contributed by atoms with E-state index >= 15 is 0 Å². The van der Waals surface area contributed by atoms with Gasteiger partial charge in [-0.05, 0) is 36.6 Å². The number of nitrogens with one attached hydrogen (secondary N) is 1. The number of halogens is 1. The van der Waals surface area contributed by atoms with Crippen LogP contribution in [0, 0.1) is 18.7 Å². The van der Waals surface area contributed by atoms with Gasteiger partial charge >= 0.3 is 0 Å². The lowest BCUT2D eigenvalue weighted by molar-refractivity contribution is 0.0947. The molecule has 0 bridgehead atoms. The molecule has 0 aliphatic carbocycles. The van der Waals surface area contributed by atoms with Crippen molar-refractivity contribution in [1.82, 2.24) is 5.32 Å². The van der Waals surface area contributed by atoms with Crippen LogP contribution < -0.4 is 11.1 Å². The van der Waals surface area contributed by atoms with Crippen molar-refractivity contribution in [2.45, 2.75) is 39.7 Å². The third-order valence-corrected chi connectivity index (χ3v) is 3.46. The van der Waals surface area contributed by atoms with Gasteiger partial charge in [0.2, 0.25) is 0 Å². The van der Waals surface area contributed by atoms with E-state index in [1.807, 2.05) is 0 Å². The number of carbonyl (C=O) groups excluding carboxylic acids is 1. The van der Waals surface area contributed by atoms with Crippen LogP contribution in [-0.2, 0) is 0 Å². The molecule has 19 heavy (non-hydrogen) atoms. The molecule has 0 aliphatic rings. The lowest BCUT2D eigenvalue weighted by Crippen LogP contribution is -2.41. The summed E-state index contributed by atoms with van der Waals surface area (Å²) in [5, 5.41) is 2.77. The number of hydrogen-bond acceptors (Lipinski definition) is 2. The second kappa shape index (κ2) is 7.24. The Bertz CT molecular complexity index is 410. The molecule has 0 aromatic heterocycles. The lowest BCUT2D eigenvalue weighted by atomic mass is 9.95. The Labute approximate surface area is 114 Å². The SMILES string of the molecule is CCC(CC)C(N)CNC(=O)c1cc(C)cc(F)c1. The maximum Gasteiger partial charge on any atom is 0.251 e. The Morgan fingerprint density at radius 2 is 1.95 bits per heavy atom. The summed E-state index contributed by atoms with van der Waals surface area (Å²) in [7, 11) is 0. The predicted molar refractivity (Wildman–Crippen MR) is 75.5 cm³/mol. The highest BCUT2D eigenvalue weighted by atomic mass is 19.1. The second-order valence-electron chi connectivity index (χ2n) is 4.97. The van der Waals surface area contributed by atoms with E-state index in [2.05, 4.69) is 19.2 Å². The van der Waals surface area contributed by atoms with Crippen molar-refractivity contribution in [3.8, 4) is 0 Å². The highest BCUT2D eigenvalue weighted by Gasteiger charge is 2.15. The van der Waals surface area contributed by atoms with Crippen molar-refractivity contribution in [1.29, 1.82) is 0 Å². The second-order valence-corrected chi connectivity index (χ2v) is 4.97. The first-order chi connectivity index (χ1) is 8.97. The number of carbonyl (C=O) groups is 1. The van der Waals surface area contributed by atoms with E-state index in [0.29, 0.717) is 18.0 Å². The van der Waals surface area contributed by atoms with Gasteiger partial charge in [-0.15, -0.1) is 0 Å². The fourth-order valence-corrected chi connectivity index (χ4v) is 2.24. The summed E-state index contributed by atoms with van der Waals surface area (Å²) in [5.74, 6) is -0.270. The fraction of sp³-hybridized carbons (Fsp3) is 0.533. The maximum atomic E-state index is 13.2. The van der Waals surface area contributed by atoms with Gasteiger partial charge in [0, 0.05) is 18.2 Å². The summed E-state index contributed by atoms with van der Waals surface area (Å²) in [6, 6.07) is 4.24. The molecule has 3 N–H and O–H groups in total. The molecule has 1 aromatic rings. The smallest absolute Gasteiger partial charge is 0.251 e. The van der Waals surface area contributed by atoms with Crippen LogP contribution in [0.4, 0.5) is 4.39 Å². The van der Waals surface area contributed by atoms with Gasteiger partial charge < -0.3 is 11.1 Å². The average molecular weight is 266 g/mol. The third-order valence-electron chi connectivity index (χ3n) is 3.46. The van der Waals surface area contributed by atoms with E-state index in [0.717, 1.165) is 18.4 Å². The van der Waals surface area contributed by atoms with Crippen LogP contribution in [0.15, 0.2) is 18.2 Å².